The Bertz CT molecular complexity index is 935. The van der Waals surface area contributed by atoms with E-state index in [-0.39, 0.29) is 17.7 Å². The number of aryl methyl sites for hydroxylation is 1. The van der Waals surface area contributed by atoms with Crippen LogP contribution < -0.4 is 10.1 Å². The lowest BCUT2D eigenvalue weighted by molar-refractivity contribution is -0.274. The molecular formula is C22H27F3N4O2. The first-order chi connectivity index (χ1) is 14.8. The van der Waals surface area contributed by atoms with Crippen molar-refractivity contribution in [2.24, 2.45) is 0 Å². The zero-order valence-corrected chi connectivity index (χ0v) is 17.5. The summed E-state index contributed by atoms with van der Waals surface area (Å²) in [7, 11) is 0. The van der Waals surface area contributed by atoms with Crippen molar-refractivity contribution in [2.75, 3.05) is 13.1 Å². The smallest absolute Gasteiger partial charge is 0.406 e. The van der Waals surface area contributed by atoms with Crippen molar-refractivity contribution < 1.29 is 22.7 Å². The number of alkyl halides is 3. The number of halogens is 3. The number of aromatic nitrogens is 2. The molecule has 0 radical (unpaired) electrons. The summed E-state index contributed by atoms with van der Waals surface area (Å²) in [4.78, 5) is 14.9. The lowest BCUT2D eigenvalue weighted by atomic mass is 9.91. The SMILES string of the molecule is CCn1nc(C(=O)N2CCCC2)c2c1CCC(NCc1cccc(OC(F)(F)F)c1)C2. The van der Waals surface area contributed by atoms with Crippen molar-refractivity contribution in [1.82, 2.24) is 20.0 Å². The number of carbonyl (C=O) groups is 1. The van der Waals surface area contributed by atoms with Crippen LogP contribution in [0.25, 0.3) is 0 Å². The van der Waals surface area contributed by atoms with Gasteiger partial charge in [-0.05, 0) is 56.7 Å². The van der Waals surface area contributed by atoms with Gasteiger partial charge in [-0.3, -0.25) is 9.48 Å². The molecule has 1 atom stereocenters. The predicted molar refractivity (Wildman–Crippen MR) is 109 cm³/mol. The summed E-state index contributed by atoms with van der Waals surface area (Å²) in [5.74, 6) is -0.209. The zero-order valence-electron chi connectivity index (χ0n) is 17.5. The molecule has 1 unspecified atom stereocenters. The van der Waals surface area contributed by atoms with Crippen molar-refractivity contribution in [3.05, 3.63) is 46.8 Å². The van der Waals surface area contributed by atoms with Crippen LogP contribution in [0.2, 0.25) is 0 Å². The highest BCUT2D eigenvalue weighted by Gasteiger charge is 2.32. The van der Waals surface area contributed by atoms with Crippen molar-refractivity contribution in [2.45, 2.75) is 64.5 Å². The molecule has 1 amide bonds. The van der Waals surface area contributed by atoms with Crippen molar-refractivity contribution in [3.63, 3.8) is 0 Å². The van der Waals surface area contributed by atoms with Gasteiger partial charge in [0.05, 0.1) is 0 Å². The fraction of sp³-hybridized carbons (Fsp3) is 0.545. The summed E-state index contributed by atoms with van der Waals surface area (Å²) in [6.45, 7) is 4.74. The molecule has 4 rings (SSSR count). The van der Waals surface area contributed by atoms with Crippen molar-refractivity contribution >= 4 is 5.91 Å². The van der Waals surface area contributed by atoms with Gasteiger partial charge < -0.3 is 15.0 Å². The molecule has 2 aromatic rings. The minimum Gasteiger partial charge on any atom is -0.406 e. The van der Waals surface area contributed by atoms with E-state index in [9.17, 15) is 18.0 Å². The molecule has 9 heteroatoms. The van der Waals surface area contributed by atoms with E-state index >= 15 is 0 Å². The van der Waals surface area contributed by atoms with Gasteiger partial charge in [0.2, 0.25) is 0 Å². The van der Waals surface area contributed by atoms with E-state index in [2.05, 4.69) is 15.2 Å². The van der Waals surface area contributed by atoms with E-state index in [0.717, 1.165) is 56.6 Å². The maximum Gasteiger partial charge on any atom is 0.573 e. The lowest BCUT2D eigenvalue weighted by Gasteiger charge is -2.25. The molecule has 168 valence electrons. The van der Waals surface area contributed by atoms with Crippen LogP contribution >= 0.6 is 0 Å². The van der Waals surface area contributed by atoms with Gasteiger partial charge >= 0.3 is 6.36 Å². The van der Waals surface area contributed by atoms with Gasteiger partial charge in [-0.15, -0.1) is 13.2 Å². The van der Waals surface area contributed by atoms with Gasteiger partial charge in [0.25, 0.3) is 5.91 Å². The number of likely N-dealkylation sites (tertiary alicyclic amines) is 1. The van der Waals surface area contributed by atoms with E-state index < -0.39 is 6.36 Å². The molecule has 1 saturated heterocycles. The molecule has 2 aliphatic rings. The Kier molecular flexibility index (Phi) is 6.22. The monoisotopic (exact) mass is 436 g/mol. The zero-order chi connectivity index (χ0) is 22.0. The van der Waals surface area contributed by atoms with Crippen molar-refractivity contribution in [3.8, 4) is 5.75 Å². The molecule has 31 heavy (non-hydrogen) atoms. The number of benzene rings is 1. The van der Waals surface area contributed by atoms with Crippen LogP contribution in [-0.4, -0.2) is 46.1 Å². The van der Waals surface area contributed by atoms with Crippen LogP contribution in [-0.2, 0) is 25.9 Å². The van der Waals surface area contributed by atoms with Crippen LogP contribution in [0.4, 0.5) is 13.2 Å². The van der Waals surface area contributed by atoms with Gasteiger partial charge in [-0.25, -0.2) is 0 Å². The number of carbonyl (C=O) groups excluding carboxylic acids is 1. The first kappa shape index (κ1) is 21.7. The first-order valence-corrected chi connectivity index (χ1v) is 10.8. The summed E-state index contributed by atoms with van der Waals surface area (Å²) in [5.41, 5.74) is 3.41. The summed E-state index contributed by atoms with van der Waals surface area (Å²) >= 11 is 0. The van der Waals surface area contributed by atoms with Crippen molar-refractivity contribution in [1.29, 1.82) is 0 Å². The molecule has 1 aromatic heterocycles. The summed E-state index contributed by atoms with van der Waals surface area (Å²) < 4.78 is 43.3. The molecule has 2 heterocycles. The molecule has 1 fully saturated rings. The molecule has 0 saturated carbocycles. The predicted octanol–water partition coefficient (Wildman–Crippen LogP) is 3.68. The topological polar surface area (TPSA) is 59.4 Å². The first-order valence-electron chi connectivity index (χ1n) is 10.8. The Labute approximate surface area is 179 Å². The van der Waals surface area contributed by atoms with Gasteiger partial charge in [0, 0.05) is 43.5 Å². The fourth-order valence-electron chi connectivity index (χ4n) is 4.48. The molecule has 1 aliphatic carbocycles. The second-order valence-electron chi connectivity index (χ2n) is 8.10. The molecule has 0 bridgehead atoms. The van der Waals surface area contributed by atoms with E-state index in [0.29, 0.717) is 24.2 Å². The standard InChI is InChI=1S/C22H27F3N4O2/c1-2-29-19-9-8-16(13-18(19)20(27-29)21(30)28-10-3-4-11-28)26-14-15-6-5-7-17(12-15)31-22(23,24)25/h5-7,12,16,26H,2-4,8-11,13-14H2,1H3. The number of fused-ring (bicyclic) bond motifs is 1. The second kappa shape index (κ2) is 8.90. The minimum atomic E-state index is -4.70. The Balaban J connectivity index is 1.44. The number of nitrogens with one attached hydrogen (secondary N) is 1. The Morgan fingerprint density at radius 1 is 1.29 bits per heavy atom. The second-order valence-corrected chi connectivity index (χ2v) is 8.10. The number of rotatable bonds is 6. The normalized spacial score (nSPS) is 18.8. The molecule has 1 aromatic carbocycles. The van der Waals surface area contributed by atoms with E-state index in [1.807, 2.05) is 16.5 Å². The molecule has 6 nitrogen and oxygen atoms in total. The number of hydrogen-bond donors (Lipinski definition) is 1. The summed E-state index contributed by atoms with van der Waals surface area (Å²) in [6.07, 6.45) is -0.257. The fourth-order valence-corrected chi connectivity index (χ4v) is 4.48. The highest BCUT2D eigenvalue weighted by molar-refractivity contribution is 5.94. The average molecular weight is 436 g/mol. The number of ether oxygens (including phenoxy) is 1. The Morgan fingerprint density at radius 3 is 2.77 bits per heavy atom. The van der Waals surface area contributed by atoms with Gasteiger partial charge in [0.15, 0.2) is 5.69 Å². The molecule has 0 spiro atoms. The van der Waals surface area contributed by atoms with E-state index in [4.69, 9.17) is 0 Å². The summed E-state index contributed by atoms with van der Waals surface area (Å²) in [6, 6.07) is 6.13. The average Bonchev–Trinajstić information content (AvgIpc) is 3.38. The summed E-state index contributed by atoms with van der Waals surface area (Å²) in [5, 5.41) is 8.06. The number of hydrogen-bond acceptors (Lipinski definition) is 4. The van der Waals surface area contributed by atoms with Crippen LogP contribution in [0, 0.1) is 0 Å². The number of nitrogens with zero attached hydrogens (tertiary/aromatic N) is 3. The highest BCUT2D eigenvalue weighted by atomic mass is 19.4. The largest absolute Gasteiger partial charge is 0.573 e. The minimum absolute atomic E-state index is 0.0126. The third-order valence-corrected chi connectivity index (χ3v) is 5.97. The number of amides is 1. The van der Waals surface area contributed by atoms with Gasteiger partial charge in [0.1, 0.15) is 5.75 Å². The highest BCUT2D eigenvalue weighted by Crippen LogP contribution is 2.28. The molecule has 1 N–H and O–H groups in total. The molecule has 1 aliphatic heterocycles. The van der Waals surface area contributed by atoms with Crippen LogP contribution in [0.15, 0.2) is 24.3 Å². The van der Waals surface area contributed by atoms with E-state index in [1.54, 1.807) is 12.1 Å². The maximum absolute atomic E-state index is 13.0. The van der Waals surface area contributed by atoms with Gasteiger partial charge in [-0.2, -0.15) is 5.10 Å². The maximum atomic E-state index is 13.0. The lowest BCUT2D eigenvalue weighted by Crippen LogP contribution is -2.35. The molecular weight excluding hydrogens is 409 g/mol. The Hall–Kier alpha value is -2.55. The Morgan fingerprint density at radius 2 is 2.06 bits per heavy atom. The third kappa shape index (κ3) is 5.03. The van der Waals surface area contributed by atoms with Crippen LogP contribution in [0.5, 0.6) is 5.75 Å². The van der Waals surface area contributed by atoms with E-state index in [1.165, 1.54) is 12.1 Å². The van der Waals surface area contributed by atoms with Gasteiger partial charge in [-0.1, -0.05) is 12.1 Å². The van der Waals surface area contributed by atoms with Crippen LogP contribution in [0.1, 0.15) is 53.5 Å². The van der Waals surface area contributed by atoms with Crippen LogP contribution in [0.3, 0.4) is 0 Å². The third-order valence-electron chi connectivity index (χ3n) is 5.97. The quantitative estimate of drug-likeness (QED) is 0.751.